The SMILES string of the molecule is CCOC(=O)[C@H](Cc1cccc(Oc2ccccc2)c1)NC(=O)C1CCC(CN)CC1.Cl. The molecule has 2 aromatic rings. The monoisotopic (exact) mass is 460 g/mol. The van der Waals surface area contributed by atoms with Gasteiger partial charge < -0.3 is 20.5 Å². The van der Waals surface area contributed by atoms with Crippen LogP contribution >= 0.6 is 12.4 Å². The molecule has 7 heteroatoms. The van der Waals surface area contributed by atoms with Gasteiger partial charge in [0.15, 0.2) is 0 Å². The molecular formula is C25H33ClN2O4. The summed E-state index contributed by atoms with van der Waals surface area (Å²) in [7, 11) is 0. The van der Waals surface area contributed by atoms with Crippen LogP contribution in [0, 0.1) is 11.8 Å². The maximum Gasteiger partial charge on any atom is 0.328 e. The molecule has 1 atom stereocenters. The molecule has 1 aliphatic rings. The second-order valence-electron chi connectivity index (χ2n) is 8.03. The van der Waals surface area contributed by atoms with Crippen molar-refractivity contribution < 1.29 is 19.1 Å². The molecule has 3 rings (SSSR count). The van der Waals surface area contributed by atoms with Crippen molar-refractivity contribution in [3.05, 3.63) is 60.2 Å². The van der Waals surface area contributed by atoms with Crippen LogP contribution in [0.15, 0.2) is 54.6 Å². The zero-order valence-corrected chi connectivity index (χ0v) is 19.3. The Balaban J connectivity index is 0.00000363. The normalized spacial score (nSPS) is 18.7. The van der Waals surface area contributed by atoms with Crippen molar-refractivity contribution in [2.45, 2.75) is 45.1 Å². The van der Waals surface area contributed by atoms with E-state index in [2.05, 4.69) is 5.32 Å². The van der Waals surface area contributed by atoms with Crippen molar-refractivity contribution in [1.82, 2.24) is 5.32 Å². The summed E-state index contributed by atoms with van der Waals surface area (Å²) < 4.78 is 11.1. The molecule has 3 N–H and O–H groups in total. The molecule has 0 bridgehead atoms. The summed E-state index contributed by atoms with van der Waals surface area (Å²) in [4.78, 5) is 25.4. The van der Waals surface area contributed by atoms with Gasteiger partial charge in [0.25, 0.3) is 0 Å². The van der Waals surface area contributed by atoms with E-state index in [1.807, 2.05) is 54.6 Å². The predicted molar refractivity (Wildman–Crippen MR) is 127 cm³/mol. The maximum absolute atomic E-state index is 12.8. The number of rotatable bonds is 9. The average molecular weight is 461 g/mol. The Morgan fingerprint density at radius 2 is 1.72 bits per heavy atom. The number of nitrogens with two attached hydrogens (primary N) is 1. The molecule has 1 saturated carbocycles. The summed E-state index contributed by atoms with van der Waals surface area (Å²) in [6.07, 6.45) is 3.87. The van der Waals surface area contributed by atoms with Crippen LogP contribution in [0.2, 0.25) is 0 Å². The Morgan fingerprint density at radius 3 is 2.38 bits per heavy atom. The van der Waals surface area contributed by atoms with Crippen molar-refractivity contribution in [3.8, 4) is 11.5 Å². The maximum atomic E-state index is 12.8. The van der Waals surface area contributed by atoms with Crippen LogP contribution in [-0.2, 0) is 20.7 Å². The van der Waals surface area contributed by atoms with Gasteiger partial charge in [-0.15, -0.1) is 12.4 Å². The Labute approximate surface area is 196 Å². The van der Waals surface area contributed by atoms with Crippen LogP contribution in [0.5, 0.6) is 11.5 Å². The molecule has 0 radical (unpaired) electrons. The number of amides is 1. The lowest BCUT2D eigenvalue weighted by atomic mass is 9.81. The lowest BCUT2D eigenvalue weighted by molar-refractivity contribution is -0.148. The Morgan fingerprint density at radius 1 is 1.03 bits per heavy atom. The molecule has 0 spiro atoms. The number of esters is 1. The molecule has 1 aliphatic carbocycles. The molecule has 174 valence electrons. The number of ether oxygens (including phenoxy) is 2. The highest BCUT2D eigenvalue weighted by molar-refractivity contribution is 5.86. The van der Waals surface area contributed by atoms with Crippen LogP contribution in [0.1, 0.15) is 38.2 Å². The summed E-state index contributed by atoms with van der Waals surface area (Å²) in [6, 6.07) is 16.3. The van der Waals surface area contributed by atoms with E-state index in [-0.39, 0.29) is 30.8 Å². The second kappa shape index (κ2) is 13.1. The number of hydrogen-bond acceptors (Lipinski definition) is 5. The Bertz CT molecular complexity index is 854. The average Bonchev–Trinajstić information content (AvgIpc) is 2.80. The summed E-state index contributed by atoms with van der Waals surface area (Å²) >= 11 is 0. The van der Waals surface area contributed by atoms with Crippen LogP contribution in [0.3, 0.4) is 0 Å². The molecule has 0 aliphatic heterocycles. The fourth-order valence-electron chi connectivity index (χ4n) is 3.98. The Hall–Kier alpha value is -2.57. The number of para-hydroxylation sites is 1. The highest BCUT2D eigenvalue weighted by atomic mass is 35.5. The standard InChI is InChI=1S/C25H32N2O4.ClH/c1-2-30-25(29)23(27-24(28)20-13-11-18(17-26)12-14-20)16-19-7-6-10-22(15-19)31-21-8-4-3-5-9-21;/h3-10,15,18,20,23H,2,11-14,16-17,26H2,1H3,(H,27,28);1H/t18?,20?,23-;/m0./s1. The van der Waals surface area contributed by atoms with Crippen molar-refractivity contribution in [1.29, 1.82) is 0 Å². The van der Waals surface area contributed by atoms with E-state index < -0.39 is 12.0 Å². The van der Waals surface area contributed by atoms with Gasteiger partial charge in [0.05, 0.1) is 6.61 Å². The van der Waals surface area contributed by atoms with Crippen molar-refractivity contribution in [2.24, 2.45) is 17.6 Å². The third-order valence-electron chi connectivity index (χ3n) is 5.76. The molecule has 0 unspecified atom stereocenters. The fourth-order valence-corrected chi connectivity index (χ4v) is 3.98. The number of hydrogen-bond donors (Lipinski definition) is 2. The first-order valence-corrected chi connectivity index (χ1v) is 11.1. The first kappa shape index (κ1) is 25.7. The second-order valence-corrected chi connectivity index (χ2v) is 8.03. The van der Waals surface area contributed by atoms with Gasteiger partial charge in [0.1, 0.15) is 17.5 Å². The van der Waals surface area contributed by atoms with E-state index in [0.717, 1.165) is 37.0 Å². The molecule has 1 amide bonds. The minimum Gasteiger partial charge on any atom is -0.464 e. The van der Waals surface area contributed by atoms with Crippen LogP contribution in [0.25, 0.3) is 0 Å². The van der Waals surface area contributed by atoms with Crippen LogP contribution < -0.4 is 15.8 Å². The van der Waals surface area contributed by atoms with Crippen molar-refractivity contribution in [2.75, 3.05) is 13.2 Å². The molecule has 0 saturated heterocycles. The highest BCUT2D eigenvalue weighted by Gasteiger charge is 2.29. The van der Waals surface area contributed by atoms with Crippen molar-refractivity contribution in [3.63, 3.8) is 0 Å². The van der Waals surface area contributed by atoms with Gasteiger partial charge in [-0.05, 0) is 74.9 Å². The van der Waals surface area contributed by atoms with Crippen LogP contribution in [0.4, 0.5) is 0 Å². The smallest absolute Gasteiger partial charge is 0.328 e. The van der Waals surface area contributed by atoms with E-state index in [1.54, 1.807) is 6.92 Å². The quantitative estimate of drug-likeness (QED) is 0.546. The van der Waals surface area contributed by atoms with E-state index in [1.165, 1.54) is 0 Å². The zero-order valence-electron chi connectivity index (χ0n) is 18.5. The minimum atomic E-state index is -0.730. The Kier molecular flexibility index (Phi) is 10.5. The first-order chi connectivity index (χ1) is 15.1. The van der Waals surface area contributed by atoms with E-state index >= 15 is 0 Å². The topological polar surface area (TPSA) is 90.6 Å². The minimum absolute atomic E-state index is 0. The highest BCUT2D eigenvalue weighted by Crippen LogP contribution is 2.28. The van der Waals surface area contributed by atoms with Gasteiger partial charge in [0.2, 0.25) is 5.91 Å². The van der Waals surface area contributed by atoms with Crippen molar-refractivity contribution >= 4 is 24.3 Å². The van der Waals surface area contributed by atoms with Gasteiger partial charge in [-0.3, -0.25) is 4.79 Å². The molecule has 6 nitrogen and oxygen atoms in total. The summed E-state index contributed by atoms with van der Waals surface area (Å²) in [5, 5.41) is 2.94. The molecular weight excluding hydrogens is 428 g/mol. The number of carbonyl (C=O) groups is 2. The summed E-state index contributed by atoms with van der Waals surface area (Å²) in [6.45, 7) is 2.70. The predicted octanol–water partition coefficient (Wildman–Crippen LogP) is 4.26. The number of benzene rings is 2. The van der Waals surface area contributed by atoms with Gasteiger partial charge >= 0.3 is 5.97 Å². The molecule has 1 fully saturated rings. The van der Waals surface area contributed by atoms with Gasteiger partial charge in [0, 0.05) is 12.3 Å². The van der Waals surface area contributed by atoms with E-state index in [9.17, 15) is 9.59 Å². The van der Waals surface area contributed by atoms with E-state index in [0.29, 0.717) is 24.6 Å². The number of nitrogens with one attached hydrogen (secondary N) is 1. The fraction of sp³-hybridized carbons (Fsp3) is 0.440. The zero-order chi connectivity index (χ0) is 22.1. The molecule has 2 aromatic carbocycles. The molecule has 0 heterocycles. The number of carbonyl (C=O) groups excluding carboxylic acids is 2. The number of halogens is 1. The lowest BCUT2D eigenvalue weighted by Gasteiger charge is -2.28. The molecule has 0 aromatic heterocycles. The van der Waals surface area contributed by atoms with Gasteiger partial charge in [-0.25, -0.2) is 4.79 Å². The van der Waals surface area contributed by atoms with E-state index in [4.69, 9.17) is 15.2 Å². The summed E-state index contributed by atoms with van der Waals surface area (Å²) in [5.41, 5.74) is 6.64. The van der Waals surface area contributed by atoms with Gasteiger partial charge in [-0.2, -0.15) is 0 Å². The third kappa shape index (κ3) is 7.53. The van der Waals surface area contributed by atoms with Gasteiger partial charge in [-0.1, -0.05) is 30.3 Å². The third-order valence-corrected chi connectivity index (χ3v) is 5.76. The van der Waals surface area contributed by atoms with Crippen LogP contribution in [-0.4, -0.2) is 31.1 Å². The lowest BCUT2D eigenvalue weighted by Crippen LogP contribution is -2.46. The largest absolute Gasteiger partial charge is 0.464 e. The molecule has 32 heavy (non-hydrogen) atoms. The first-order valence-electron chi connectivity index (χ1n) is 11.1. The summed E-state index contributed by atoms with van der Waals surface area (Å²) in [5.74, 6) is 1.34.